The van der Waals surface area contributed by atoms with Crippen molar-refractivity contribution < 1.29 is 4.74 Å². The fourth-order valence-corrected chi connectivity index (χ4v) is 4.35. The van der Waals surface area contributed by atoms with Crippen molar-refractivity contribution in [3.8, 4) is 5.75 Å². The Hall–Kier alpha value is -0.0600. The lowest BCUT2D eigenvalue weighted by molar-refractivity contribution is 0.0926. The summed E-state index contributed by atoms with van der Waals surface area (Å²) in [5.74, 6) is 0.959. The standard InChI is InChI=1S/C14H17Br2NO/c15-9-4-10(16)6-13(5-9)18-14-7-11-2-1-3-12(8-14)17-11/h4-6,11-12,14,17H,1-3,7-8H2/t11-,12+,14?. The van der Waals surface area contributed by atoms with E-state index in [1.165, 1.54) is 19.3 Å². The first-order chi connectivity index (χ1) is 8.69. The van der Waals surface area contributed by atoms with E-state index in [1.54, 1.807) is 0 Å². The molecule has 4 heteroatoms. The van der Waals surface area contributed by atoms with Gasteiger partial charge in [-0.25, -0.2) is 0 Å². The van der Waals surface area contributed by atoms with Crippen LogP contribution in [0.15, 0.2) is 27.1 Å². The Morgan fingerprint density at radius 3 is 2.22 bits per heavy atom. The van der Waals surface area contributed by atoms with E-state index in [0.29, 0.717) is 18.2 Å². The monoisotopic (exact) mass is 373 g/mol. The van der Waals surface area contributed by atoms with E-state index in [1.807, 2.05) is 18.2 Å². The minimum absolute atomic E-state index is 0.364. The van der Waals surface area contributed by atoms with Crippen LogP contribution in [0.5, 0.6) is 5.75 Å². The lowest BCUT2D eigenvalue weighted by Crippen LogP contribution is -2.51. The SMILES string of the molecule is Brc1cc(Br)cc(OC2C[C@H]3CCC[C@@H](C2)N3)c1. The highest BCUT2D eigenvalue weighted by atomic mass is 79.9. The van der Waals surface area contributed by atoms with Crippen LogP contribution in [-0.2, 0) is 0 Å². The van der Waals surface area contributed by atoms with Crippen LogP contribution in [0.4, 0.5) is 0 Å². The van der Waals surface area contributed by atoms with E-state index >= 15 is 0 Å². The highest BCUT2D eigenvalue weighted by Gasteiger charge is 2.32. The van der Waals surface area contributed by atoms with Gasteiger partial charge in [0, 0.05) is 21.0 Å². The fourth-order valence-electron chi connectivity index (χ4n) is 3.10. The van der Waals surface area contributed by atoms with Crippen molar-refractivity contribution in [2.45, 2.75) is 50.3 Å². The summed E-state index contributed by atoms with van der Waals surface area (Å²) in [6.07, 6.45) is 6.62. The second-order valence-corrected chi connectivity index (χ2v) is 7.14. The largest absolute Gasteiger partial charge is 0.490 e. The van der Waals surface area contributed by atoms with E-state index < -0.39 is 0 Å². The zero-order chi connectivity index (χ0) is 12.5. The summed E-state index contributed by atoms with van der Waals surface area (Å²) in [6.45, 7) is 0. The summed E-state index contributed by atoms with van der Waals surface area (Å²) in [5, 5.41) is 3.69. The molecule has 0 spiro atoms. The highest BCUT2D eigenvalue weighted by Crippen LogP contribution is 2.31. The summed E-state index contributed by atoms with van der Waals surface area (Å²) in [5.41, 5.74) is 0. The zero-order valence-electron chi connectivity index (χ0n) is 10.2. The molecule has 1 aromatic rings. The Morgan fingerprint density at radius 1 is 1.00 bits per heavy atom. The van der Waals surface area contributed by atoms with Crippen molar-refractivity contribution in [1.82, 2.24) is 5.32 Å². The van der Waals surface area contributed by atoms with Gasteiger partial charge in [0.05, 0.1) is 0 Å². The number of halogens is 2. The van der Waals surface area contributed by atoms with Crippen molar-refractivity contribution in [3.63, 3.8) is 0 Å². The number of piperidine rings is 2. The van der Waals surface area contributed by atoms with Gasteiger partial charge >= 0.3 is 0 Å². The summed E-state index contributed by atoms with van der Waals surface area (Å²) in [4.78, 5) is 0. The Labute approximate surface area is 125 Å². The summed E-state index contributed by atoms with van der Waals surface area (Å²) in [7, 11) is 0. The zero-order valence-corrected chi connectivity index (χ0v) is 13.3. The average Bonchev–Trinajstić information content (AvgIpc) is 2.26. The van der Waals surface area contributed by atoms with Gasteiger partial charge in [0.1, 0.15) is 11.9 Å². The molecule has 0 aliphatic carbocycles. The van der Waals surface area contributed by atoms with Crippen molar-refractivity contribution in [3.05, 3.63) is 27.1 Å². The first-order valence-electron chi connectivity index (χ1n) is 6.58. The number of ether oxygens (including phenoxy) is 1. The molecular formula is C14H17Br2NO. The van der Waals surface area contributed by atoms with Crippen LogP contribution in [0.2, 0.25) is 0 Å². The van der Waals surface area contributed by atoms with Crippen LogP contribution in [0.25, 0.3) is 0 Å². The maximum atomic E-state index is 6.15. The Kier molecular flexibility index (Phi) is 3.97. The first kappa shape index (κ1) is 12.9. The van der Waals surface area contributed by atoms with E-state index in [-0.39, 0.29) is 0 Å². The topological polar surface area (TPSA) is 21.3 Å². The van der Waals surface area contributed by atoms with Gasteiger partial charge in [-0.3, -0.25) is 0 Å². The molecule has 1 N–H and O–H groups in total. The van der Waals surface area contributed by atoms with Crippen LogP contribution < -0.4 is 10.1 Å². The van der Waals surface area contributed by atoms with Crippen LogP contribution >= 0.6 is 31.9 Å². The quantitative estimate of drug-likeness (QED) is 0.834. The molecule has 2 bridgehead atoms. The van der Waals surface area contributed by atoms with Crippen LogP contribution in [-0.4, -0.2) is 18.2 Å². The maximum absolute atomic E-state index is 6.15. The molecule has 18 heavy (non-hydrogen) atoms. The molecule has 1 aromatic carbocycles. The third kappa shape index (κ3) is 3.09. The molecule has 2 heterocycles. The summed E-state index contributed by atoms with van der Waals surface area (Å²) < 4.78 is 8.27. The molecule has 3 rings (SSSR count). The second-order valence-electron chi connectivity index (χ2n) is 5.31. The van der Waals surface area contributed by atoms with Gasteiger partial charge in [-0.15, -0.1) is 0 Å². The van der Waals surface area contributed by atoms with Crippen molar-refractivity contribution in [2.24, 2.45) is 0 Å². The molecule has 2 nitrogen and oxygen atoms in total. The van der Waals surface area contributed by atoms with Crippen LogP contribution in [0.3, 0.4) is 0 Å². The lowest BCUT2D eigenvalue weighted by atomic mass is 9.85. The molecule has 0 aromatic heterocycles. The molecule has 0 saturated carbocycles. The number of hydrogen-bond donors (Lipinski definition) is 1. The lowest BCUT2D eigenvalue weighted by Gasteiger charge is -2.40. The minimum Gasteiger partial charge on any atom is -0.490 e. The summed E-state index contributed by atoms with van der Waals surface area (Å²) in [6, 6.07) is 7.45. The van der Waals surface area contributed by atoms with Gasteiger partial charge < -0.3 is 10.1 Å². The number of hydrogen-bond acceptors (Lipinski definition) is 2. The first-order valence-corrected chi connectivity index (χ1v) is 8.16. The third-order valence-electron chi connectivity index (χ3n) is 3.81. The molecule has 2 saturated heterocycles. The molecule has 98 valence electrons. The molecule has 3 atom stereocenters. The predicted molar refractivity (Wildman–Crippen MR) is 80.1 cm³/mol. The predicted octanol–water partition coefficient (Wildman–Crippen LogP) is 4.26. The maximum Gasteiger partial charge on any atom is 0.121 e. The Morgan fingerprint density at radius 2 is 1.61 bits per heavy atom. The number of nitrogens with one attached hydrogen (secondary N) is 1. The third-order valence-corrected chi connectivity index (χ3v) is 4.73. The smallest absolute Gasteiger partial charge is 0.121 e. The Balaban J connectivity index is 1.68. The van der Waals surface area contributed by atoms with Crippen LogP contribution in [0.1, 0.15) is 32.1 Å². The molecule has 0 radical (unpaired) electrons. The van der Waals surface area contributed by atoms with Gasteiger partial charge in [-0.2, -0.15) is 0 Å². The van der Waals surface area contributed by atoms with Gasteiger partial charge in [0.2, 0.25) is 0 Å². The number of rotatable bonds is 2. The molecule has 2 aliphatic rings. The molecule has 1 unspecified atom stereocenters. The minimum atomic E-state index is 0.364. The molecule has 2 aliphatic heterocycles. The van der Waals surface area contributed by atoms with Crippen molar-refractivity contribution >= 4 is 31.9 Å². The molecule has 0 amide bonds. The second kappa shape index (κ2) is 5.51. The molecular weight excluding hydrogens is 358 g/mol. The fraction of sp³-hybridized carbons (Fsp3) is 0.571. The number of benzene rings is 1. The van der Waals surface area contributed by atoms with Gasteiger partial charge in [-0.1, -0.05) is 38.3 Å². The van der Waals surface area contributed by atoms with Crippen molar-refractivity contribution in [1.29, 1.82) is 0 Å². The van der Waals surface area contributed by atoms with E-state index in [4.69, 9.17) is 4.74 Å². The molecule has 2 fully saturated rings. The van der Waals surface area contributed by atoms with E-state index in [9.17, 15) is 0 Å². The van der Waals surface area contributed by atoms with Gasteiger partial charge in [0.25, 0.3) is 0 Å². The highest BCUT2D eigenvalue weighted by molar-refractivity contribution is 9.11. The normalized spacial score (nSPS) is 31.1. The van der Waals surface area contributed by atoms with Gasteiger partial charge in [0.15, 0.2) is 0 Å². The van der Waals surface area contributed by atoms with E-state index in [2.05, 4.69) is 37.2 Å². The van der Waals surface area contributed by atoms with Crippen molar-refractivity contribution in [2.75, 3.05) is 0 Å². The van der Waals surface area contributed by atoms with Gasteiger partial charge in [-0.05, 0) is 43.9 Å². The van der Waals surface area contributed by atoms with Crippen LogP contribution in [0, 0.1) is 0 Å². The average molecular weight is 375 g/mol. The summed E-state index contributed by atoms with van der Waals surface area (Å²) >= 11 is 7.01. The van der Waals surface area contributed by atoms with E-state index in [0.717, 1.165) is 27.5 Å². The Bertz CT molecular complexity index is 406. The number of fused-ring (bicyclic) bond motifs is 2.